The van der Waals surface area contributed by atoms with Gasteiger partial charge in [0.05, 0.1) is 16.8 Å². The van der Waals surface area contributed by atoms with Crippen LogP contribution >= 0.6 is 11.8 Å². The van der Waals surface area contributed by atoms with Gasteiger partial charge in [-0.1, -0.05) is 48.5 Å². The molecule has 214 valence electrons. The maximum atomic E-state index is 13.7. The zero-order chi connectivity index (χ0) is 29.6. The summed E-state index contributed by atoms with van der Waals surface area (Å²) in [6.07, 6.45) is 1.65. The molecule has 11 nitrogen and oxygen atoms in total. The van der Waals surface area contributed by atoms with Crippen molar-refractivity contribution in [1.82, 2.24) is 25.2 Å². The summed E-state index contributed by atoms with van der Waals surface area (Å²) in [6, 6.07) is 19.7. The molecule has 0 saturated carbocycles. The number of carbonyl (C=O) groups excluding carboxylic acids is 2. The third-order valence-corrected chi connectivity index (χ3v) is 7.73. The van der Waals surface area contributed by atoms with Crippen molar-refractivity contribution in [2.24, 2.45) is 0 Å². The molecule has 0 radical (unpaired) electrons. The molecule has 0 bridgehead atoms. The van der Waals surface area contributed by atoms with E-state index in [1.807, 2.05) is 24.3 Å². The number of aromatic amines is 2. The van der Waals surface area contributed by atoms with Gasteiger partial charge in [-0.2, -0.15) is 0 Å². The minimum Gasteiger partial charge on any atom is -0.480 e. The van der Waals surface area contributed by atoms with Crippen molar-refractivity contribution in [2.75, 3.05) is 11.6 Å². The summed E-state index contributed by atoms with van der Waals surface area (Å²) < 4.78 is 0.839. The number of carbonyl (C=O) groups is 3. The number of hydrogen-bond acceptors (Lipinski definition) is 6. The smallest absolute Gasteiger partial charge is 0.329 e. The Kier molecular flexibility index (Phi) is 8.53. The maximum Gasteiger partial charge on any atom is 0.329 e. The lowest BCUT2D eigenvalue weighted by molar-refractivity contribution is -0.141. The predicted octanol–water partition coefficient (Wildman–Crippen LogP) is 2.64. The molecule has 0 saturated heterocycles. The molecule has 5 rings (SSSR count). The summed E-state index contributed by atoms with van der Waals surface area (Å²) in [5.74, 6) is -2.37. The normalized spacial score (nSPS) is 12.6. The third-order valence-electron chi connectivity index (χ3n) is 6.81. The highest BCUT2D eigenvalue weighted by molar-refractivity contribution is 7.99. The van der Waals surface area contributed by atoms with E-state index in [0.29, 0.717) is 16.6 Å². The van der Waals surface area contributed by atoms with Crippen molar-refractivity contribution in [2.45, 2.75) is 18.5 Å². The quantitative estimate of drug-likeness (QED) is 0.117. The number of carboxylic acid groups (broad SMARTS) is 1. The van der Waals surface area contributed by atoms with Crippen LogP contribution in [0.3, 0.4) is 0 Å². The Morgan fingerprint density at radius 2 is 1.55 bits per heavy atom. The SMILES string of the molecule is O=C(NCSC[C@H](NC(=O)[C@H](Cc1c[nH]c2ccccc12)n1c(=O)[nH]c2ccccc2c1=O)C(=O)O)c1ccccc1. The van der Waals surface area contributed by atoms with Crippen molar-refractivity contribution >= 4 is 51.4 Å². The van der Waals surface area contributed by atoms with E-state index in [9.17, 15) is 29.1 Å². The van der Waals surface area contributed by atoms with E-state index in [-0.39, 0.29) is 29.3 Å². The number of aliphatic carboxylic acids is 1. The Morgan fingerprint density at radius 3 is 2.29 bits per heavy atom. The average Bonchev–Trinajstić information content (AvgIpc) is 3.41. The van der Waals surface area contributed by atoms with E-state index in [0.717, 1.165) is 27.2 Å². The van der Waals surface area contributed by atoms with Gasteiger partial charge >= 0.3 is 11.7 Å². The monoisotopic (exact) mass is 585 g/mol. The van der Waals surface area contributed by atoms with Gasteiger partial charge in [0.1, 0.15) is 12.1 Å². The van der Waals surface area contributed by atoms with Crippen molar-refractivity contribution in [3.05, 3.63) is 117 Å². The fourth-order valence-corrected chi connectivity index (χ4v) is 5.51. The summed E-state index contributed by atoms with van der Waals surface area (Å²) in [7, 11) is 0. The first kappa shape index (κ1) is 28.4. The molecule has 2 amide bonds. The van der Waals surface area contributed by atoms with Crippen molar-refractivity contribution in [3.63, 3.8) is 0 Å². The number of nitrogens with zero attached hydrogens (tertiary/aromatic N) is 1. The molecule has 2 heterocycles. The van der Waals surface area contributed by atoms with Crippen molar-refractivity contribution < 1.29 is 19.5 Å². The van der Waals surface area contributed by atoms with Gasteiger partial charge in [-0.15, -0.1) is 11.8 Å². The van der Waals surface area contributed by atoms with E-state index in [4.69, 9.17) is 0 Å². The van der Waals surface area contributed by atoms with Gasteiger partial charge in [-0.05, 0) is 35.9 Å². The Labute approximate surface area is 243 Å². The van der Waals surface area contributed by atoms with Gasteiger partial charge < -0.3 is 25.7 Å². The van der Waals surface area contributed by atoms with Crippen molar-refractivity contribution in [1.29, 1.82) is 0 Å². The molecular weight excluding hydrogens is 558 g/mol. The standard InChI is InChI=1S/C30H27N5O6S/c36-26(18-8-2-1-3-9-18)32-17-42-16-24(29(39)40)33-27(37)25(14-19-15-31-22-12-6-4-10-20(19)22)35-28(38)21-11-5-7-13-23(21)34-30(35)41/h1-13,15,24-25,31H,14,16-17H2,(H,32,36)(H,33,37)(H,34,41)(H,39,40)/t24-,25-/m0/s1. The molecule has 5 N–H and O–H groups in total. The second kappa shape index (κ2) is 12.6. The molecule has 0 aliphatic rings. The molecule has 2 atom stereocenters. The van der Waals surface area contributed by atoms with E-state index >= 15 is 0 Å². The molecule has 2 aromatic heterocycles. The van der Waals surface area contributed by atoms with Gasteiger partial charge in [0, 0.05) is 34.8 Å². The first-order valence-corrected chi connectivity index (χ1v) is 14.2. The predicted molar refractivity (Wildman–Crippen MR) is 161 cm³/mol. The fraction of sp³-hybridized carbons (Fsp3) is 0.167. The van der Waals surface area contributed by atoms with E-state index < -0.39 is 35.2 Å². The molecule has 0 spiro atoms. The van der Waals surface area contributed by atoms with Gasteiger partial charge in [0.15, 0.2) is 0 Å². The van der Waals surface area contributed by atoms with Crippen LogP contribution in [0.25, 0.3) is 21.8 Å². The highest BCUT2D eigenvalue weighted by Crippen LogP contribution is 2.23. The summed E-state index contributed by atoms with van der Waals surface area (Å²) in [5, 5.41) is 16.1. The van der Waals surface area contributed by atoms with Crippen LogP contribution in [0.1, 0.15) is 22.0 Å². The van der Waals surface area contributed by atoms with E-state index in [1.54, 1.807) is 60.8 Å². The molecule has 0 aliphatic carbocycles. The Morgan fingerprint density at radius 1 is 0.881 bits per heavy atom. The van der Waals surface area contributed by atoms with Gasteiger partial charge in [0.2, 0.25) is 5.91 Å². The second-order valence-electron chi connectivity index (χ2n) is 9.52. The van der Waals surface area contributed by atoms with E-state index in [1.165, 1.54) is 0 Å². The fourth-order valence-electron chi connectivity index (χ4n) is 4.70. The number of aromatic nitrogens is 3. The zero-order valence-corrected chi connectivity index (χ0v) is 23.0. The molecule has 0 aliphatic heterocycles. The van der Waals surface area contributed by atoms with Gasteiger partial charge in [-0.3, -0.25) is 14.4 Å². The first-order valence-electron chi connectivity index (χ1n) is 13.1. The van der Waals surface area contributed by atoms with Gasteiger partial charge in [0.25, 0.3) is 11.5 Å². The number of carboxylic acids is 1. The minimum absolute atomic E-state index is 0.0518. The van der Waals surface area contributed by atoms with Crippen LogP contribution in [0.4, 0.5) is 0 Å². The summed E-state index contributed by atoms with van der Waals surface area (Å²) in [5.41, 5.74) is 0.821. The van der Waals surface area contributed by atoms with Crippen LogP contribution in [0.2, 0.25) is 0 Å². The maximum absolute atomic E-state index is 13.7. The second-order valence-corrected chi connectivity index (χ2v) is 10.5. The molecule has 0 unspecified atom stereocenters. The summed E-state index contributed by atoms with van der Waals surface area (Å²) in [6.45, 7) is 0. The molecule has 0 fully saturated rings. The van der Waals surface area contributed by atoms with Gasteiger partial charge in [-0.25, -0.2) is 14.2 Å². The van der Waals surface area contributed by atoms with Crippen LogP contribution in [0, 0.1) is 0 Å². The van der Waals surface area contributed by atoms with E-state index in [2.05, 4.69) is 20.6 Å². The van der Waals surface area contributed by atoms with Crippen LogP contribution in [-0.2, 0) is 16.0 Å². The lowest BCUT2D eigenvalue weighted by Crippen LogP contribution is -2.50. The third kappa shape index (κ3) is 6.13. The zero-order valence-electron chi connectivity index (χ0n) is 22.2. The number of para-hydroxylation sites is 2. The lowest BCUT2D eigenvalue weighted by atomic mass is 10.0. The minimum atomic E-state index is -1.35. The summed E-state index contributed by atoms with van der Waals surface area (Å²) in [4.78, 5) is 70.5. The summed E-state index contributed by atoms with van der Waals surface area (Å²) >= 11 is 1.11. The first-order chi connectivity index (χ1) is 20.3. The number of fused-ring (bicyclic) bond motifs is 2. The Balaban J connectivity index is 1.39. The number of benzene rings is 3. The number of nitrogens with one attached hydrogen (secondary N) is 4. The Bertz CT molecular complexity index is 1880. The number of hydrogen-bond donors (Lipinski definition) is 5. The number of H-pyrrole nitrogens is 2. The molecule has 42 heavy (non-hydrogen) atoms. The number of amides is 2. The average molecular weight is 586 g/mol. The lowest BCUT2D eigenvalue weighted by Gasteiger charge is -2.22. The highest BCUT2D eigenvalue weighted by Gasteiger charge is 2.30. The molecule has 12 heteroatoms. The van der Waals surface area contributed by atoms with Crippen LogP contribution < -0.4 is 21.9 Å². The number of thioether (sulfide) groups is 1. The molecule has 5 aromatic rings. The number of rotatable bonds is 11. The largest absolute Gasteiger partial charge is 0.480 e. The molecular formula is C30H27N5O6S. The topological polar surface area (TPSA) is 166 Å². The van der Waals surface area contributed by atoms with Crippen LogP contribution in [0.5, 0.6) is 0 Å². The Hall–Kier alpha value is -5.10. The van der Waals surface area contributed by atoms with Crippen LogP contribution in [0.15, 0.2) is 94.6 Å². The van der Waals surface area contributed by atoms with Crippen molar-refractivity contribution in [3.8, 4) is 0 Å². The van der Waals surface area contributed by atoms with Crippen LogP contribution in [-0.4, -0.2) is 55.1 Å². The highest BCUT2D eigenvalue weighted by atomic mass is 32.2. The molecule has 3 aromatic carbocycles.